The van der Waals surface area contributed by atoms with Crippen LogP contribution in [0.2, 0.25) is 0 Å². The average Bonchev–Trinajstić information content (AvgIpc) is 2.53. The van der Waals surface area contributed by atoms with Crippen molar-refractivity contribution in [2.45, 2.75) is 6.92 Å². The second-order valence-electron chi connectivity index (χ2n) is 4.82. The van der Waals surface area contributed by atoms with Crippen LogP contribution in [0.4, 0.5) is 17.1 Å². The monoisotopic (exact) mass is 308 g/mol. The van der Waals surface area contributed by atoms with E-state index in [4.69, 9.17) is 5.26 Å². The molecule has 2 aromatic rings. The minimum absolute atomic E-state index is 0.0449. The van der Waals surface area contributed by atoms with Gasteiger partial charge in [0.15, 0.2) is 0 Å². The van der Waals surface area contributed by atoms with Gasteiger partial charge in [-0.2, -0.15) is 5.26 Å². The molecule has 0 atom stereocenters. The zero-order chi connectivity index (χ0) is 16.7. The lowest BCUT2D eigenvalue weighted by Crippen LogP contribution is -2.22. The summed E-state index contributed by atoms with van der Waals surface area (Å²) in [6.07, 6.45) is 0. The molecule has 116 valence electrons. The van der Waals surface area contributed by atoms with Gasteiger partial charge in [0, 0.05) is 18.3 Å². The number of anilines is 3. The summed E-state index contributed by atoms with van der Waals surface area (Å²) in [4.78, 5) is 23.0. The number of amides is 2. The molecular weight excluding hydrogens is 292 g/mol. The number of nitriles is 1. The maximum Gasteiger partial charge on any atom is 0.243 e. The second-order valence-corrected chi connectivity index (χ2v) is 4.82. The highest BCUT2D eigenvalue weighted by Gasteiger charge is 2.06. The molecule has 3 N–H and O–H groups in total. The van der Waals surface area contributed by atoms with Crippen LogP contribution in [0, 0.1) is 11.3 Å². The smallest absolute Gasteiger partial charge is 0.243 e. The molecule has 0 saturated heterocycles. The topological polar surface area (TPSA) is 94.0 Å². The molecule has 23 heavy (non-hydrogen) atoms. The van der Waals surface area contributed by atoms with Gasteiger partial charge in [0.2, 0.25) is 11.8 Å². The third-order valence-electron chi connectivity index (χ3n) is 2.96. The Balaban J connectivity index is 1.94. The van der Waals surface area contributed by atoms with E-state index in [9.17, 15) is 9.59 Å². The third-order valence-corrected chi connectivity index (χ3v) is 2.96. The van der Waals surface area contributed by atoms with Gasteiger partial charge in [-0.15, -0.1) is 0 Å². The molecule has 0 aliphatic heterocycles. The molecular formula is C17H16N4O2. The highest BCUT2D eigenvalue weighted by Crippen LogP contribution is 2.16. The predicted molar refractivity (Wildman–Crippen MR) is 89.0 cm³/mol. The first-order valence-corrected chi connectivity index (χ1v) is 6.99. The van der Waals surface area contributed by atoms with E-state index in [1.54, 1.807) is 48.5 Å². The Morgan fingerprint density at radius 3 is 2.52 bits per heavy atom. The molecule has 0 heterocycles. The van der Waals surface area contributed by atoms with E-state index in [1.165, 1.54) is 6.92 Å². The predicted octanol–water partition coefficient (Wildman–Crippen LogP) is 2.57. The average molecular weight is 308 g/mol. The fourth-order valence-electron chi connectivity index (χ4n) is 1.98. The Kier molecular flexibility index (Phi) is 5.31. The molecule has 0 saturated carbocycles. The zero-order valence-electron chi connectivity index (χ0n) is 12.6. The van der Waals surface area contributed by atoms with Gasteiger partial charge in [0.1, 0.15) is 6.07 Å². The van der Waals surface area contributed by atoms with E-state index in [1.807, 2.05) is 6.07 Å². The number of nitrogens with one attached hydrogen (secondary N) is 3. The van der Waals surface area contributed by atoms with E-state index in [0.29, 0.717) is 22.6 Å². The van der Waals surface area contributed by atoms with Crippen molar-refractivity contribution >= 4 is 28.9 Å². The van der Waals surface area contributed by atoms with Crippen molar-refractivity contribution < 1.29 is 9.59 Å². The molecule has 2 amide bonds. The highest BCUT2D eigenvalue weighted by molar-refractivity contribution is 5.95. The van der Waals surface area contributed by atoms with Gasteiger partial charge in [-0.25, -0.2) is 0 Å². The number of carbonyl (C=O) groups excluding carboxylic acids is 2. The summed E-state index contributed by atoms with van der Waals surface area (Å²) in [5.41, 5.74) is 2.25. The first-order valence-electron chi connectivity index (χ1n) is 6.99. The van der Waals surface area contributed by atoms with Crippen LogP contribution in [0.15, 0.2) is 48.5 Å². The summed E-state index contributed by atoms with van der Waals surface area (Å²) in [7, 11) is 0. The number of para-hydroxylation sites is 1. The molecule has 0 radical (unpaired) electrons. The van der Waals surface area contributed by atoms with Crippen molar-refractivity contribution in [3.05, 3.63) is 54.1 Å². The van der Waals surface area contributed by atoms with Crippen LogP contribution in [-0.4, -0.2) is 18.4 Å². The molecule has 6 heteroatoms. The Hall–Kier alpha value is -3.33. The lowest BCUT2D eigenvalue weighted by Gasteiger charge is -2.10. The van der Waals surface area contributed by atoms with Gasteiger partial charge in [-0.3, -0.25) is 9.59 Å². The zero-order valence-corrected chi connectivity index (χ0v) is 12.6. The maximum absolute atomic E-state index is 12.0. The molecule has 0 aromatic heterocycles. The minimum Gasteiger partial charge on any atom is -0.376 e. The Morgan fingerprint density at radius 2 is 1.78 bits per heavy atom. The molecule has 0 bridgehead atoms. The van der Waals surface area contributed by atoms with Crippen molar-refractivity contribution in [2.24, 2.45) is 0 Å². The summed E-state index contributed by atoms with van der Waals surface area (Å²) in [5.74, 6) is -0.425. The molecule has 0 fully saturated rings. The lowest BCUT2D eigenvalue weighted by atomic mass is 10.2. The van der Waals surface area contributed by atoms with E-state index in [-0.39, 0.29) is 18.4 Å². The molecule has 0 unspecified atom stereocenters. The van der Waals surface area contributed by atoms with Crippen molar-refractivity contribution in [1.29, 1.82) is 5.26 Å². The fraction of sp³-hybridized carbons (Fsp3) is 0.118. The highest BCUT2D eigenvalue weighted by atomic mass is 16.2. The van der Waals surface area contributed by atoms with Gasteiger partial charge in [0.25, 0.3) is 0 Å². The maximum atomic E-state index is 12.0. The van der Waals surface area contributed by atoms with Crippen LogP contribution in [0.25, 0.3) is 0 Å². The fourth-order valence-corrected chi connectivity index (χ4v) is 1.98. The van der Waals surface area contributed by atoms with E-state index < -0.39 is 0 Å². The van der Waals surface area contributed by atoms with Crippen molar-refractivity contribution in [2.75, 3.05) is 22.5 Å². The first kappa shape index (κ1) is 16.0. The summed E-state index contributed by atoms with van der Waals surface area (Å²) >= 11 is 0. The minimum atomic E-state index is -0.266. The molecule has 2 aromatic carbocycles. The van der Waals surface area contributed by atoms with Crippen molar-refractivity contribution in [1.82, 2.24) is 0 Å². The second kappa shape index (κ2) is 7.61. The van der Waals surface area contributed by atoms with Crippen molar-refractivity contribution in [3.8, 4) is 6.07 Å². The number of hydrogen-bond acceptors (Lipinski definition) is 4. The van der Waals surface area contributed by atoms with Crippen LogP contribution in [0.3, 0.4) is 0 Å². The van der Waals surface area contributed by atoms with Crippen LogP contribution in [-0.2, 0) is 9.59 Å². The molecule has 0 spiro atoms. The Bertz CT molecular complexity index is 765. The van der Waals surface area contributed by atoms with E-state index in [0.717, 1.165) is 0 Å². The number of benzene rings is 2. The number of hydrogen-bond donors (Lipinski definition) is 3. The molecule has 0 aliphatic carbocycles. The van der Waals surface area contributed by atoms with Gasteiger partial charge in [-0.05, 0) is 30.3 Å². The normalized spacial score (nSPS) is 9.57. The number of nitrogens with zero attached hydrogens (tertiary/aromatic N) is 1. The van der Waals surface area contributed by atoms with Crippen LogP contribution >= 0.6 is 0 Å². The molecule has 0 aliphatic rings. The standard InChI is InChI=1S/C17H16N4O2/c1-12(22)20-15-7-4-6-14(9-15)19-11-17(23)21-16-8-3-2-5-13(16)10-18/h2-9,19H,11H2,1H3,(H,20,22)(H,21,23). The summed E-state index contributed by atoms with van der Waals surface area (Å²) in [6.45, 7) is 1.48. The summed E-state index contributed by atoms with van der Waals surface area (Å²) < 4.78 is 0. The summed E-state index contributed by atoms with van der Waals surface area (Å²) in [6, 6.07) is 15.9. The van der Waals surface area contributed by atoms with Gasteiger partial charge >= 0.3 is 0 Å². The Labute approximate surface area is 134 Å². The number of rotatable bonds is 5. The van der Waals surface area contributed by atoms with Crippen molar-refractivity contribution in [3.63, 3.8) is 0 Å². The molecule has 2 rings (SSSR count). The van der Waals surface area contributed by atoms with Crippen LogP contribution in [0.5, 0.6) is 0 Å². The summed E-state index contributed by atoms with van der Waals surface area (Å²) in [5, 5.41) is 17.3. The first-order chi connectivity index (χ1) is 11.1. The SMILES string of the molecule is CC(=O)Nc1cccc(NCC(=O)Nc2ccccc2C#N)c1. The van der Waals surface area contributed by atoms with Gasteiger partial charge in [-0.1, -0.05) is 18.2 Å². The largest absolute Gasteiger partial charge is 0.376 e. The van der Waals surface area contributed by atoms with E-state index >= 15 is 0 Å². The third kappa shape index (κ3) is 4.86. The number of carbonyl (C=O) groups is 2. The lowest BCUT2D eigenvalue weighted by molar-refractivity contribution is -0.115. The van der Waals surface area contributed by atoms with Crippen LogP contribution in [0.1, 0.15) is 12.5 Å². The quantitative estimate of drug-likeness (QED) is 0.791. The van der Waals surface area contributed by atoms with E-state index in [2.05, 4.69) is 16.0 Å². The van der Waals surface area contributed by atoms with Crippen LogP contribution < -0.4 is 16.0 Å². The van der Waals surface area contributed by atoms with Gasteiger partial charge < -0.3 is 16.0 Å². The molecule has 6 nitrogen and oxygen atoms in total. The Morgan fingerprint density at radius 1 is 1.04 bits per heavy atom. The van der Waals surface area contributed by atoms with Gasteiger partial charge in [0.05, 0.1) is 17.8 Å².